The van der Waals surface area contributed by atoms with E-state index in [4.69, 9.17) is 47.4 Å². The van der Waals surface area contributed by atoms with Crippen LogP contribution in [0.3, 0.4) is 0 Å². The molecule has 5 heterocycles. The van der Waals surface area contributed by atoms with Crippen LogP contribution in [0.4, 0.5) is 0 Å². The monoisotopic (exact) mass is 1520 g/mol. The van der Waals surface area contributed by atoms with Crippen molar-refractivity contribution in [2.45, 2.75) is 204 Å². The van der Waals surface area contributed by atoms with Gasteiger partial charge in [0.15, 0.2) is 0 Å². The van der Waals surface area contributed by atoms with E-state index in [9.17, 15) is 47.9 Å². The molecule has 0 atom stereocenters. The largest absolute Gasteiger partial charge is 0.463 e. The molecule has 0 aromatic heterocycles. The summed E-state index contributed by atoms with van der Waals surface area (Å²) in [7, 11) is 0. The van der Waals surface area contributed by atoms with Crippen molar-refractivity contribution in [1.29, 1.82) is 0 Å². The molecule has 616 valence electrons. The minimum atomic E-state index is -0.531. The van der Waals surface area contributed by atoms with Gasteiger partial charge < -0.3 is 71.5 Å². The van der Waals surface area contributed by atoms with Crippen LogP contribution >= 0.6 is 0 Å². The lowest BCUT2D eigenvalue weighted by atomic mass is 10.1. The number of carbonyl (C=O) groups excluding carboxylic acids is 10. The third-order valence-corrected chi connectivity index (χ3v) is 16.4. The molecule has 0 aromatic carbocycles. The molecule has 5 saturated heterocycles. The third-order valence-electron chi connectivity index (χ3n) is 16.4. The zero-order valence-electron chi connectivity index (χ0n) is 64.5. The molecule has 5 aliphatic rings. The van der Waals surface area contributed by atoms with Crippen LogP contribution in [0.2, 0.25) is 0 Å². The topological polar surface area (TPSA) is 298 Å². The Kier molecular flexibility index (Phi) is 71.2. The highest BCUT2D eigenvalue weighted by molar-refractivity contribution is 5.94. The van der Waals surface area contributed by atoms with Crippen LogP contribution in [-0.2, 0) is 105 Å². The van der Waals surface area contributed by atoms with Crippen molar-refractivity contribution in [2.24, 2.45) is 0 Å². The van der Waals surface area contributed by atoms with Gasteiger partial charge in [0, 0.05) is 100 Å². The number of hydrogen-bond acceptors (Lipinski definition) is 27. The summed E-state index contributed by atoms with van der Waals surface area (Å²) < 4.78 is 59.7. The van der Waals surface area contributed by atoms with Crippen LogP contribution in [-0.4, -0.2) is 275 Å². The maximum Gasteiger partial charge on any atom is 0.331 e. The van der Waals surface area contributed by atoms with Gasteiger partial charge in [-0.3, -0.25) is 9.80 Å². The van der Waals surface area contributed by atoms with Gasteiger partial charge in [-0.15, -0.1) is 0 Å². The standard InChI is InChI=1S/C17H29NO4.C16H27NO5.C16H27NO4.C15H25NO4.C14H23NO5.2CH4/c1-2-3-7-14-21-16(19)9-10-17(20)22-15-8-13-18-11-5-4-6-12-18;1-2-3-4-11-21-15(18)6-7-16(19)22-12-5-8-17-9-13-20-14-10-17;1-2-13-20-15(18)8-9-16(19)21-14-7-6-12-17-10-4-3-5-11-17;1-2-19-14(17)8-9-15(18)20-13-7-6-12-16-10-4-3-5-11-16;1-2-19-13(16)5-6-14(17)20-10-4-3-7-15-8-11-18-12-9-15;;/h9-10H,2-8,11-15H2,1H3;6-7H,2-5,8-14H2,1H3;8-9H,2-7,10-14H2,1H3;8-9H,2-7,10-13H2,1H3;5-6H,2-4,7-12H2,1H3;2*1H4/b10-9+;7-6+;2*9-8+;6-5+;;. The molecule has 0 spiro atoms. The van der Waals surface area contributed by atoms with Gasteiger partial charge in [-0.05, 0) is 182 Å². The number of hydrogen-bond donors (Lipinski definition) is 0. The van der Waals surface area contributed by atoms with E-state index in [-0.39, 0.29) is 14.9 Å². The maximum atomic E-state index is 11.4. The predicted molar refractivity (Wildman–Crippen MR) is 412 cm³/mol. The molecule has 0 bridgehead atoms. The quantitative estimate of drug-likeness (QED) is 0.0237. The first-order valence-electron chi connectivity index (χ1n) is 39.0. The maximum absolute atomic E-state index is 11.4. The zero-order valence-corrected chi connectivity index (χ0v) is 64.5. The van der Waals surface area contributed by atoms with Crippen LogP contribution in [0.1, 0.15) is 204 Å². The van der Waals surface area contributed by atoms with Crippen molar-refractivity contribution in [3.8, 4) is 0 Å². The molecule has 0 amide bonds. The molecule has 0 aromatic rings. The van der Waals surface area contributed by atoms with Crippen LogP contribution < -0.4 is 0 Å². The third kappa shape index (κ3) is 67.0. The lowest BCUT2D eigenvalue weighted by molar-refractivity contribution is -0.140. The Hall–Kier alpha value is -6.88. The number of morpholine rings is 2. The van der Waals surface area contributed by atoms with Gasteiger partial charge in [-0.25, -0.2) is 47.9 Å². The summed E-state index contributed by atoms with van der Waals surface area (Å²) >= 11 is 0. The lowest BCUT2D eigenvalue weighted by Gasteiger charge is -2.26. The van der Waals surface area contributed by atoms with E-state index < -0.39 is 59.7 Å². The smallest absolute Gasteiger partial charge is 0.331 e. The second-order valence-electron chi connectivity index (χ2n) is 25.4. The van der Waals surface area contributed by atoms with Crippen molar-refractivity contribution in [2.75, 3.05) is 191 Å². The van der Waals surface area contributed by atoms with E-state index >= 15 is 0 Å². The molecular weight excluding hydrogens is 1380 g/mol. The Balaban J connectivity index is 0. The van der Waals surface area contributed by atoms with Gasteiger partial charge in [0.1, 0.15) is 0 Å². The summed E-state index contributed by atoms with van der Waals surface area (Å²) in [5, 5.41) is 0. The number of esters is 10. The Morgan fingerprint density at radius 2 is 0.430 bits per heavy atom. The fraction of sp³-hybridized carbons (Fsp3) is 0.750. The van der Waals surface area contributed by atoms with Gasteiger partial charge in [-0.2, -0.15) is 0 Å². The summed E-state index contributed by atoms with van der Waals surface area (Å²) in [5.74, 6) is -5.01. The summed E-state index contributed by atoms with van der Waals surface area (Å²) in [6.45, 7) is 32.2. The van der Waals surface area contributed by atoms with Crippen molar-refractivity contribution in [3.05, 3.63) is 60.8 Å². The fourth-order valence-corrected chi connectivity index (χ4v) is 10.6. The highest BCUT2D eigenvalue weighted by Gasteiger charge is 2.15. The van der Waals surface area contributed by atoms with Crippen molar-refractivity contribution >= 4 is 59.7 Å². The Morgan fingerprint density at radius 3 is 0.654 bits per heavy atom. The van der Waals surface area contributed by atoms with Gasteiger partial charge in [-0.1, -0.05) is 80.6 Å². The molecule has 5 rings (SSSR count). The summed E-state index contributed by atoms with van der Waals surface area (Å²) in [6.07, 6.45) is 36.8. The van der Waals surface area contributed by atoms with E-state index in [1.807, 2.05) is 6.92 Å². The number of ether oxygens (including phenoxy) is 12. The van der Waals surface area contributed by atoms with Crippen LogP contribution in [0.25, 0.3) is 0 Å². The molecule has 0 saturated carbocycles. The molecule has 0 aliphatic carbocycles. The number of nitrogens with zero attached hydrogens (tertiary/aromatic N) is 5. The molecule has 0 radical (unpaired) electrons. The van der Waals surface area contributed by atoms with Gasteiger partial charge in [0.2, 0.25) is 0 Å². The first kappa shape index (κ1) is 102. The average molecular weight is 1520 g/mol. The van der Waals surface area contributed by atoms with E-state index in [1.54, 1.807) is 13.8 Å². The number of rotatable bonds is 45. The van der Waals surface area contributed by atoms with Crippen molar-refractivity contribution in [3.63, 3.8) is 0 Å². The Morgan fingerprint density at radius 1 is 0.234 bits per heavy atom. The van der Waals surface area contributed by atoms with E-state index in [0.29, 0.717) is 66.1 Å². The zero-order chi connectivity index (χ0) is 76.7. The second kappa shape index (κ2) is 74.6. The number of likely N-dealkylation sites (tertiary alicyclic amines) is 3. The van der Waals surface area contributed by atoms with Crippen LogP contribution in [0, 0.1) is 0 Å². The first-order valence-corrected chi connectivity index (χ1v) is 39.0. The Bertz CT molecular complexity index is 2310. The highest BCUT2D eigenvalue weighted by Crippen LogP contribution is 2.12. The van der Waals surface area contributed by atoms with Gasteiger partial charge in [0.25, 0.3) is 0 Å². The molecule has 27 nitrogen and oxygen atoms in total. The molecule has 5 aliphatic heterocycles. The molecule has 0 unspecified atom stereocenters. The molecular formula is C80H139N5O22. The number of carbonyl (C=O) groups is 10. The fourth-order valence-electron chi connectivity index (χ4n) is 10.6. The first-order chi connectivity index (χ1) is 51.1. The SMILES string of the molecule is C.C.CCCCCOC(=O)/C=C/C(=O)OCCCN1CCCCC1.CCCCCOC(=O)/C=C/C(=O)OCCCN1CCOCC1.CCCOC(=O)/C=C/C(=O)OCCCCN1CCCCC1.CCOC(=O)/C=C/C(=O)OCCCCN1CCCCC1.CCOC(=O)/C=C/C(=O)OCCCCN1CCOCC1. The van der Waals surface area contributed by atoms with E-state index in [1.165, 1.54) is 84.0 Å². The normalized spacial score (nSPS) is 15.7. The second-order valence-corrected chi connectivity index (χ2v) is 25.4. The number of unbranched alkanes of at least 4 members (excludes halogenated alkanes) is 7. The summed E-state index contributed by atoms with van der Waals surface area (Å²) in [5.41, 5.74) is 0. The van der Waals surface area contributed by atoms with E-state index in [0.717, 1.165) is 255 Å². The Labute approximate surface area is 641 Å². The molecule has 0 N–H and O–H groups in total. The van der Waals surface area contributed by atoms with E-state index in [2.05, 4.69) is 47.8 Å². The lowest BCUT2D eigenvalue weighted by Crippen LogP contribution is -2.37. The summed E-state index contributed by atoms with van der Waals surface area (Å²) in [6, 6.07) is 0. The molecule has 107 heavy (non-hydrogen) atoms. The van der Waals surface area contributed by atoms with Gasteiger partial charge >= 0.3 is 59.7 Å². The summed E-state index contributed by atoms with van der Waals surface area (Å²) in [4.78, 5) is 124. The van der Waals surface area contributed by atoms with Crippen molar-refractivity contribution in [1.82, 2.24) is 24.5 Å². The van der Waals surface area contributed by atoms with Crippen LogP contribution in [0.15, 0.2) is 60.8 Å². The number of piperidine rings is 3. The van der Waals surface area contributed by atoms with Crippen molar-refractivity contribution < 1.29 is 105 Å². The van der Waals surface area contributed by atoms with Gasteiger partial charge in [0.05, 0.1) is 92.5 Å². The predicted octanol–water partition coefficient (Wildman–Crippen LogP) is 10.5. The molecule has 27 heteroatoms. The highest BCUT2D eigenvalue weighted by atomic mass is 16.6. The minimum absolute atomic E-state index is 0. The molecule has 5 fully saturated rings. The minimum Gasteiger partial charge on any atom is -0.463 e. The average Bonchev–Trinajstić information content (AvgIpc) is 1.11. The van der Waals surface area contributed by atoms with Crippen LogP contribution in [0.5, 0.6) is 0 Å².